The molecule has 26 heavy (non-hydrogen) atoms. The molecule has 0 unspecified atom stereocenters. The fourth-order valence-corrected chi connectivity index (χ4v) is 3.98. The Bertz CT molecular complexity index is 926. The highest BCUT2D eigenvalue weighted by atomic mass is 32.1. The van der Waals surface area contributed by atoms with Crippen molar-refractivity contribution in [2.75, 3.05) is 6.54 Å². The van der Waals surface area contributed by atoms with E-state index in [1.807, 2.05) is 22.9 Å². The summed E-state index contributed by atoms with van der Waals surface area (Å²) in [6.45, 7) is 1.30. The van der Waals surface area contributed by atoms with Gasteiger partial charge in [0.1, 0.15) is 5.82 Å². The average molecular weight is 369 g/mol. The quantitative estimate of drug-likeness (QED) is 0.734. The molecule has 1 amide bonds. The normalized spacial score (nSPS) is 17.9. The third-order valence-corrected chi connectivity index (χ3v) is 5.41. The van der Waals surface area contributed by atoms with Crippen molar-refractivity contribution in [2.24, 2.45) is 0 Å². The van der Waals surface area contributed by atoms with Crippen molar-refractivity contribution in [3.63, 3.8) is 0 Å². The molecule has 0 aliphatic carbocycles. The number of halogens is 1. The molecule has 6 heteroatoms. The monoisotopic (exact) mass is 369 g/mol. The number of nitrogens with zero attached hydrogens (tertiary/aromatic N) is 1. The number of thiophene rings is 1. The van der Waals surface area contributed by atoms with Gasteiger partial charge >= 0.3 is 0 Å². The molecule has 2 N–H and O–H groups in total. The maximum atomic E-state index is 13.6. The SMILES string of the molecule is O=C1NCCCC[C@@H]1NCc1cc2ccc(F)cc2nc1-c1ccsc1. The van der Waals surface area contributed by atoms with Crippen LogP contribution in [0.5, 0.6) is 0 Å². The van der Waals surface area contributed by atoms with E-state index in [1.54, 1.807) is 17.4 Å². The highest BCUT2D eigenvalue weighted by Crippen LogP contribution is 2.28. The highest BCUT2D eigenvalue weighted by Gasteiger charge is 2.20. The zero-order valence-electron chi connectivity index (χ0n) is 14.3. The van der Waals surface area contributed by atoms with E-state index in [2.05, 4.69) is 10.6 Å². The van der Waals surface area contributed by atoms with E-state index in [9.17, 15) is 9.18 Å². The van der Waals surface area contributed by atoms with Gasteiger partial charge in [0.15, 0.2) is 0 Å². The number of hydrogen-bond donors (Lipinski definition) is 2. The van der Waals surface area contributed by atoms with Crippen molar-refractivity contribution >= 4 is 28.1 Å². The third kappa shape index (κ3) is 3.61. The molecule has 1 atom stereocenters. The average Bonchev–Trinajstić information content (AvgIpc) is 3.09. The van der Waals surface area contributed by atoms with Crippen LogP contribution in [0.4, 0.5) is 4.39 Å². The largest absolute Gasteiger partial charge is 0.355 e. The molecule has 1 aromatic carbocycles. The Balaban J connectivity index is 1.67. The van der Waals surface area contributed by atoms with E-state index in [-0.39, 0.29) is 17.8 Å². The summed E-state index contributed by atoms with van der Waals surface area (Å²) in [4.78, 5) is 16.9. The molecule has 4 nitrogen and oxygen atoms in total. The number of benzene rings is 1. The van der Waals surface area contributed by atoms with E-state index < -0.39 is 0 Å². The Morgan fingerprint density at radius 1 is 1.27 bits per heavy atom. The molecule has 1 saturated heterocycles. The lowest BCUT2D eigenvalue weighted by Gasteiger charge is -2.17. The number of hydrogen-bond acceptors (Lipinski definition) is 4. The second-order valence-electron chi connectivity index (χ2n) is 6.57. The lowest BCUT2D eigenvalue weighted by atomic mass is 10.0. The molecular formula is C20H20FN3OS. The smallest absolute Gasteiger partial charge is 0.237 e. The Kier molecular flexibility index (Phi) is 4.95. The second-order valence-corrected chi connectivity index (χ2v) is 7.35. The van der Waals surface area contributed by atoms with Crippen molar-refractivity contribution in [2.45, 2.75) is 31.8 Å². The maximum absolute atomic E-state index is 13.6. The number of carbonyl (C=O) groups excluding carboxylic acids is 1. The summed E-state index contributed by atoms with van der Waals surface area (Å²) in [5, 5.41) is 11.3. The first-order valence-electron chi connectivity index (χ1n) is 8.83. The van der Waals surface area contributed by atoms with Crippen LogP contribution in [0.1, 0.15) is 24.8 Å². The van der Waals surface area contributed by atoms with Crippen LogP contribution in [0.15, 0.2) is 41.1 Å². The van der Waals surface area contributed by atoms with Gasteiger partial charge in [0.25, 0.3) is 0 Å². The number of rotatable bonds is 4. The van der Waals surface area contributed by atoms with Crippen LogP contribution < -0.4 is 10.6 Å². The first-order valence-corrected chi connectivity index (χ1v) is 9.78. The molecule has 2 aromatic heterocycles. The minimum Gasteiger partial charge on any atom is -0.355 e. The standard InChI is InChI=1S/C20H20FN3OS/c21-16-5-4-13-9-15(11-23-17-3-1-2-7-22-20(17)25)19(24-18(13)10-16)14-6-8-26-12-14/h4-6,8-10,12,17,23H,1-3,7,11H2,(H,22,25)/t17-/m0/s1. The molecule has 134 valence electrons. The van der Waals surface area contributed by atoms with Gasteiger partial charge in [-0.3, -0.25) is 4.79 Å². The van der Waals surface area contributed by atoms with Crippen LogP contribution in [0.2, 0.25) is 0 Å². The van der Waals surface area contributed by atoms with Crippen LogP contribution in [-0.2, 0) is 11.3 Å². The number of pyridine rings is 1. The third-order valence-electron chi connectivity index (χ3n) is 4.73. The van der Waals surface area contributed by atoms with E-state index in [1.165, 1.54) is 12.1 Å². The van der Waals surface area contributed by atoms with Crippen molar-refractivity contribution in [3.05, 3.63) is 52.5 Å². The highest BCUT2D eigenvalue weighted by molar-refractivity contribution is 7.08. The number of amides is 1. The van der Waals surface area contributed by atoms with Crippen LogP contribution in [0.25, 0.3) is 22.2 Å². The predicted molar refractivity (Wildman–Crippen MR) is 103 cm³/mol. The van der Waals surface area contributed by atoms with Gasteiger partial charge in [0.05, 0.1) is 17.3 Å². The lowest BCUT2D eigenvalue weighted by Crippen LogP contribution is -2.42. The van der Waals surface area contributed by atoms with Gasteiger partial charge in [-0.25, -0.2) is 9.37 Å². The predicted octanol–water partition coefficient (Wildman–Crippen LogP) is 3.86. The summed E-state index contributed by atoms with van der Waals surface area (Å²) in [5.74, 6) is -0.224. The molecule has 0 bridgehead atoms. The van der Waals surface area contributed by atoms with Crippen LogP contribution in [-0.4, -0.2) is 23.5 Å². The first-order chi connectivity index (χ1) is 12.7. The molecule has 1 aliphatic rings. The van der Waals surface area contributed by atoms with Crippen LogP contribution >= 0.6 is 11.3 Å². The van der Waals surface area contributed by atoms with Crippen molar-refractivity contribution < 1.29 is 9.18 Å². The van der Waals surface area contributed by atoms with Gasteiger partial charge in [0.2, 0.25) is 5.91 Å². The van der Waals surface area contributed by atoms with Crippen LogP contribution in [0.3, 0.4) is 0 Å². The topological polar surface area (TPSA) is 54.0 Å². The van der Waals surface area contributed by atoms with E-state index in [0.717, 1.165) is 48.0 Å². The Labute approximate surface area is 155 Å². The minimum atomic E-state index is -0.290. The molecular weight excluding hydrogens is 349 g/mol. The summed E-state index contributed by atoms with van der Waals surface area (Å²) in [6.07, 6.45) is 2.89. The molecule has 1 fully saturated rings. The van der Waals surface area contributed by atoms with Crippen LogP contribution in [0, 0.1) is 5.82 Å². The maximum Gasteiger partial charge on any atom is 0.237 e. The van der Waals surface area contributed by atoms with Crippen molar-refractivity contribution in [1.29, 1.82) is 0 Å². The van der Waals surface area contributed by atoms with Gasteiger partial charge < -0.3 is 10.6 Å². The zero-order chi connectivity index (χ0) is 17.9. The summed E-state index contributed by atoms with van der Waals surface area (Å²) in [7, 11) is 0. The summed E-state index contributed by atoms with van der Waals surface area (Å²) >= 11 is 1.60. The molecule has 4 rings (SSSR count). The molecule has 0 radical (unpaired) electrons. The fraction of sp³-hybridized carbons (Fsp3) is 0.300. The van der Waals surface area contributed by atoms with Gasteiger partial charge in [-0.1, -0.05) is 0 Å². The van der Waals surface area contributed by atoms with Gasteiger partial charge in [-0.15, -0.1) is 0 Å². The number of fused-ring (bicyclic) bond motifs is 1. The van der Waals surface area contributed by atoms with E-state index in [0.29, 0.717) is 12.1 Å². The van der Waals surface area contributed by atoms with Gasteiger partial charge in [-0.05, 0) is 54.5 Å². The van der Waals surface area contributed by atoms with E-state index in [4.69, 9.17) is 4.98 Å². The lowest BCUT2D eigenvalue weighted by molar-refractivity contribution is -0.122. The molecule has 0 spiro atoms. The van der Waals surface area contributed by atoms with E-state index >= 15 is 0 Å². The fourth-order valence-electron chi connectivity index (χ4n) is 3.34. The molecule has 3 heterocycles. The zero-order valence-corrected chi connectivity index (χ0v) is 15.1. The second kappa shape index (κ2) is 7.51. The first kappa shape index (κ1) is 17.1. The van der Waals surface area contributed by atoms with Crippen molar-refractivity contribution in [3.8, 4) is 11.3 Å². The summed E-state index contributed by atoms with van der Waals surface area (Å²) < 4.78 is 13.6. The Morgan fingerprint density at radius 3 is 3.04 bits per heavy atom. The molecule has 0 saturated carbocycles. The molecule has 1 aliphatic heterocycles. The minimum absolute atomic E-state index is 0.0652. The molecule has 3 aromatic rings. The number of nitrogens with one attached hydrogen (secondary N) is 2. The summed E-state index contributed by atoms with van der Waals surface area (Å²) in [6, 6.07) is 8.52. The Hall–Kier alpha value is -2.31. The van der Waals surface area contributed by atoms with Crippen molar-refractivity contribution in [1.82, 2.24) is 15.6 Å². The number of carbonyl (C=O) groups is 1. The van der Waals surface area contributed by atoms with Gasteiger partial charge in [-0.2, -0.15) is 11.3 Å². The summed E-state index contributed by atoms with van der Waals surface area (Å²) in [5.41, 5.74) is 3.51. The number of aromatic nitrogens is 1. The van der Waals surface area contributed by atoms with Gasteiger partial charge in [0, 0.05) is 35.5 Å². The Morgan fingerprint density at radius 2 is 2.19 bits per heavy atom.